The summed E-state index contributed by atoms with van der Waals surface area (Å²) in [4.78, 5) is 18.0. The van der Waals surface area contributed by atoms with E-state index in [2.05, 4.69) is 10.3 Å². The van der Waals surface area contributed by atoms with Crippen LogP contribution in [0.1, 0.15) is 5.56 Å². The Labute approximate surface area is 138 Å². The number of thiazole rings is 1. The summed E-state index contributed by atoms with van der Waals surface area (Å²) in [6.45, 7) is 0.871. The van der Waals surface area contributed by atoms with E-state index >= 15 is 0 Å². The minimum absolute atomic E-state index is 0.0500. The molecule has 1 aromatic carbocycles. The molecule has 1 aliphatic heterocycles. The number of amides is 2. The molecule has 0 saturated carbocycles. The third-order valence-corrected chi connectivity index (χ3v) is 4.81. The van der Waals surface area contributed by atoms with Gasteiger partial charge in [-0.15, -0.1) is 0 Å². The second kappa shape index (κ2) is 6.97. The minimum atomic E-state index is -0.508. The number of ether oxygens (including phenoxy) is 1. The van der Waals surface area contributed by atoms with Gasteiger partial charge in [-0.05, 0) is 12.0 Å². The van der Waals surface area contributed by atoms with E-state index in [0.717, 1.165) is 6.42 Å². The third-order valence-electron chi connectivity index (χ3n) is 3.93. The summed E-state index contributed by atoms with van der Waals surface area (Å²) in [5.74, 6) is 0.0500. The van der Waals surface area contributed by atoms with Crippen molar-refractivity contribution in [3.8, 4) is 5.06 Å². The number of carbonyl (C=O) groups is 1. The maximum atomic E-state index is 12.3. The van der Waals surface area contributed by atoms with Gasteiger partial charge >= 0.3 is 6.03 Å². The van der Waals surface area contributed by atoms with Gasteiger partial charge in [0.15, 0.2) is 10.2 Å². The molecule has 7 heteroatoms. The number of anilines is 1. The molecule has 1 saturated heterocycles. The molecule has 1 fully saturated rings. The van der Waals surface area contributed by atoms with E-state index in [9.17, 15) is 9.90 Å². The highest BCUT2D eigenvalue weighted by atomic mass is 32.1. The molecule has 6 nitrogen and oxygen atoms in total. The van der Waals surface area contributed by atoms with Gasteiger partial charge in [0, 0.05) is 19.0 Å². The van der Waals surface area contributed by atoms with Crippen LogP contribution in [0.4, 0.5) is 9.93 Å². The second-order valence-electron chi connectivity index (χ2n) is 5.54. The molecule has 0 spiro atoms. The number of rotatable bonds is 4. The van der Waals surface area contributed by atoms with Gasteiger partial charge in [0.1, 0.15) is 0 Å². The smallest absolute Gasteiger partial charge is 0.323 e. The van der Waals surface area contributed by atoms with Crippen LogP contribution in [0.15, 0.2) is 36.5 Å². The summed E-state index contributed by atoms with van der Waals surface area (Å²) in [5, 5.41) is 14.1. The lowest BCUT2D eigenvalue weighted by molar-refractivity contribution is 0.143. The number of methoxy groups -OCH3 is 1. The number of β-amino-alcohol motifs (C(OH)–C–C–N with tert-alkyl or cyclic N) is 1. The molecule has 3 rings (SSSR count). The zero-order valence-electron chi connectivity index (χ0n) is 12.8. The molecule has 2 heterocycles. The lowest BCUT2D eigenvalue weighted by atomic mass is 9.97. The van der Waals surface area contributed by atoms with Crippen LogP contribution < -0.4 is 10.1 Å². The van der Waals surface area contributed by atoms with Crippen molar-refractivity contribution in [3.05, 3.63) is 42.1 Å². The maximum Gasteiger partial charge on any atom is 0.323 e. The van der Waals surface area contributed by atoms with E-state index in [1.807, 2.05) is 30.3 Å². The third kappa shape index (κ3) is 3.80. The molecule has 0 bridgehead atoms. The summed E-state index contributed by atoms with van der Waals surface area (Å²) in [6, 6.07) is 9.77. The van der Waals surface area contributed by atoms with Crippen LogP contribution >= 0.6 is 11.3 Å². The van der Waals surface area contributed by atoms with Crippen LogP contribution in [-0.4, -0.2) is 47.3 Å². The number of likely N-dealkylation sites (tertiary alicyclic amines) is 1. The van der Waals surface area contributed by atoms with Crippen molar-refractivity contribution < 1.29 is 14.6 Å². The lowest BCUT2D eigenvalue weighted by Gasteiger charge is -2.16. The average Bonchev–Trinajstić information content (AvgIpc) is 3.15. The Bertz CT molecular complexity index is 662. The quantitative estimate of drug-likeness (QED) is 0.900. The number of hydrogen-bond donors (Lipinski definition) is 2. The van der Waals surface area contributed by atoms with Crippen molar-refractivity contribution in [1.29, 1.82) is 0 Å². The molecule has 1 aromatic heterocycles. The standard InChI is InChI=1S/C16H19N3O3S/c1-22-14-8-17-15(23-14)18-16(21)19-9-12(13(20)10-19)7-11-5-3-2-4-6-11/h2-6,8,12-13,20H,7,9-10H2,1H3,(H,17,18,21)/t12-,13-/m1/s1. The Hall–Kier alpha value is -2.12. The van der Waals surface area contributed by atoms with Crippen LogP contribution in [0.5, 0.6) is 5.06 Å². The zero-order valence-corrected chi connectivity index (χ0v) is 13.6. The monoisotopic (exact) mass is 333 g/mol. The molecule has 2 N–H and O–H groups in total. The van der Waals surface area contributed by atoms with E-state index in [0.29, 0.717) is 23.3 Å². The van der Waals surface area contributed by atoms with E-state index < -0.39 is 6.10 Å². The Balaban J connectivity index is 1.58. The van der Waals surface area contributed by atoms with Crippen LogP contribution in [0.3, 0.4) is 0 Å². The number of carbonyl (C=O) groups excluding carboxylic acids is 1. The van der Waals surface area contributed by atoms with E-state index in [1.165, 1.54) is 16.9 Å². The number of urea groups is 1. The SMILES string of the molecule is COc1cnc(NC(=O)N2C[C@@H](Cc3ccccc3)[C@H](O)C2)s1. The predicted molar refractivity (Wildman–Crippen MR) is 88.9 cm³/mol. The van der Waals surface area contributed by atoms with Gasteiger partial charge in [-0.3, -0.25) is 5.32 Å². The van der Waals surface area contributed by atoms with Crippen LogP contribution in [0.25, 0.3) is 0 Å². The highest BCUT2D eigenvalue weighted by Crippen LogP contribution is 2.26. The van der Waals surface area contributed by atoms with Gasteiger partial charge in [-0.2, -0.15) is 0 Å². The van der Waals surface area contributed by atoms with Crippen molar-refractivity contribution in [2.75, 3.05) is 25.5 Å². The maximum absolute atomic E-state index is 12.3. The first kappa shape index (κ1) is 15.8. The van der Waals surface area contributed by atoms with Crippen molar-refractivity contribution >= 4 is 22.5 Å². The fourth-order valence-corrected chi connectivity index (χ4v) is 3.34. The Kier molecular flexibility index (Phi) is 4.78. The molecule has 0 aliphatic carbocycles. The molecule has 2 amide bonds. The van der Waals surface area contributed by atoms with E-state index in [4.69, 9.17) is 4.74 Å². The number of aromatic nitrogens is 1. The van der Waals surface area contributed by atoms with Crippen molar-refractivity contribution in [1.82, 2.24) is 9.88 Å². The fraction of sp³-hybridized carbons (Fsp3) is 0.375. The second-order valence-corrected chi connectivity index (χ2v) is 6.53. The molecule has 2 aromatic rings. The van der Waals surface area contributed by atoms with Crippen LogP contribution in [0.2, 0.25) is 0 Å². The molecule has 122 valence electrons. The summed E-state index contributed by atoms with van der Waals surface area (Å²) in [6.07, 6.45) is 1.82. The van der Waals surface area contributed by atoms with Crippen molar-refractivity contribution in [2.45, 2.75) is 12.5 Å². The van der Waals surface area contributed by atoms with Gasteiger partial charge in [-0.25, -0.2) is 9.78 Å². The fourth-order valence-electron chi connectivity index (χ4n) is 2.72. The Morgan fingerprint density at radius 3 is 2.91 bits per heavy atom. The van der Waals surface area contributed by atoms with Crippen molar-refractivity contribution in [3.63, 3.8) is 0 Å². The molecular weight excluding hydrogens is 314 g/mol. The largest absolute Gasteiger partial charge is 0.486 e. The molecule has 0 unspecified atom stereocenters. The summed E-state index contributed by atoms with van der Waals surface area (Å²) in [7, 11) is 1.56. The highest BCUT2D eigenvalue weighted by molar-refractivity contribution is 7.17. The normalized spacial score (nSPS) is 20.5. The zero-order chi connectivity index (χ0) is 16.2. The van der Waals surface area contributed by atoms with Crippen LogP contribution in [0, 0.1) is 5.92 Å². The molecule has 2 atom stereocenters. The lowest BCUT2D eigenvalue weighted by Crippen LogP contribution is -2.33. The first-order chi connectivity index (χ1) is 11.2. The first-order valence-corrected chi connectivity index (χ1v) is 8.25. The Morgan fingerprint density at radius 1 is 1.43 bits per heavy atom. The molecule has 23 heavy (non-hydrogen) atoms. The molecule has 1 aliphatic rings. The van der Waals surface area contributed by atoms with Gasteiger partial charge < -0.3 is 14.7 Å². The number of hydrogen-bond acceptors (Lipinski definition) is 5. The topological polar surface area (TPSA) is 74.7 Å². The number of aliphatic hydroxyl groups is 1. The summed E-state index contributed by atoms with van der Waals surface area (Å²) >= 11 is 1.27. The van der Waals surface area contributed by atoms with Gasteiger partial charge in [-0.1, -0.05) is 41.7 Å². The van der Waals surface area contributed by atoms with Gasteiger partial charge in [0.2, 0.25) is 0 Å². The molecular formula is C16H19N3O3S. The van der Waals surface area contributed by atoms with E-state index in [1.54, 1.807) is 18.2 Å². The number of nitrogens with one attached hydrogen (secondary N) is 1. The summed E-state index contributed by atoms with van der Waals surface area (Å²) < 4.78 is 5.05. The number of benzene rings is 1. The first-order valence-electron chi connectivity index (χ1n) is 7.43. The number of nitrogens with zero attached hydrogens (tertiary/aromatic N) is 2. The predicted octanol–water partition coefficient (Wildman–Crippen LogP) is 2.22. The van der Waals surface area contributed by atoms with Gasteiger partial charge in [0.05, 0.1) is 19.4 Å². The Morgan fingerprint density at radius 2 is 2.22 bits per heavy atom. The highest BCUT2D eigenvalue weighted by Gasteiger charge is 2.34. The average molecular weight is 333 g/mol. The number of aliphatic hydroxyl groups excluding tert-OH is 1. The molecule has 0 radical (unpaired) electrons. The van der Waals surface area contributed by atoms with Gasteiger partial charge in [0.25, 0.3) is 0 Å². The van der Waals surface area contributed by atoms with Crippen LogP contribution in [-0.2, 0) is 6.42 Å². The van der Waals surface area contributed by atoms with Crippen molar-refractivity contribution in [2.24, 2.45) is 5.92 Å². The van der Waals surface area contributed by atoms with E-state index in [-0.39, 0.29) is 11.9 Å². The minimum Gasteiger partial charge on any atom is -0.486 e. The summed E-state index contributed by atoms with van der Waals surface area (Å²) in [5.41, 5.74) is 1.17.